The van der Waals surface area contributed by atoms with Crippen molar-refractivity contribution < 1.29 is 13.9 Å². The fourth-order valence-corrected chi connectivity index (χ4v) is 3.21. The van der Waals surface area contributed by atoms with E-state index in [4.69, 9.17) is 8.83 Å². The van der Waals surface area contributed by atoms with Gasteiger partial charge in [0.05, 0.1) is 6.26 Å². The summed E-state index contributed by atoms with van der Waals surface area (Å²) in [6.45, 7) is 2.02. The van der Waals surface area contributed by atoms with Gasteiger partial charge in [0.25, 0.3) is 0 Å². The first kappa shape index (κ1) is 11.8. The van der Waals surface area contributed by atoms with E-state index in [1.54, 1.807) is 6.26 Å². The quantitative estimate of drug-likeness (QED) is 0.728. The molecule has 1 N–H and O–H groups in total. The molecule has 1 aromatic carbocycles. The lowest BCUT2D eigenvalue weighted by Crippen LogP contribution is -2.30. The summed E-state index contributed by atoms with van der Waals surface area (Å²) < 4.78 is 11.4. The maximum Gasteiger partial charge on any atom is 0.150 e. The minimum absolute atomic E-state index is 0.615. The summed E-state index contributed by atoms with van der Waals surface area (Å²) in [4.78, 5) is 0. The number of fused-ring (bicyclic) bond motifs is 2. The highest BCUT2D eigenvalue weighted by atomic mass is 16.4. The first-order chi connectivity index (χ1) is 9.68. The number of aliphatic hydroxyl groups is 1. The first-order valence-electron chi connectivity index (χ1n) is 6.97. The Hall–Kier alpha value is -2.00. The zero-order valence-corrected chi connectivity index (χ0v) is 11.3. The summed E-state index contributed by atoms with van der Waals surface area (Å²) in [5.74, 6) is 1.49. The lowest BCUT2D eigenvalue weighted by atomic mass is 9.81. The van der Waals surface area contributed by atoms with E-state index in [0.29, 0.717) is 12.2 Å². The van der Waals surface area contributed by atoms with Crippen LogP contribution < -0.4 is 0 Å². The standard InChI is InChI=1S/C17H16O3/c1-11-4-2-5-12-10-15(20-16(11)12)17(18)8-3-6-14-13(17)7-9-19-14/h2,4-5,7,9-10,18H,3,6,8H2,1H3. The van der Waals surface area contributed by atoms with Crippen LogP contribution in [0, 0.1) is 6.92 Å². The molecule has 0 saturated carbocycles. The molecule has 2 heterocycles. The van der Waals surface area contributed by atoms with Gasteiger partial charge in [0.15, 0.2) is 5.60 Å². The predicted octanol–water partition coefficient (Wildman–Crippen LogP) is 3.91. The van der Waals surface area contributed by atoms with E-state index < -0.39 is 5.60 Å². The number of rotatable bonds is 1. The van der Waals surface area contributed by atoms with Gasteiger partial charge < -0.3 is 13.9 Å². The van der Waals surface area contributed by atoms with Crippen molar-refractivity contribution in [2.24, 2.45) is 0 Å². The molecule has 1 unspecified atom stereocenters. The maximum atomic E-state index is 11.1. The molecule has 1 aliphatic carbocycles. The monoisotopic (exact) mass is 268 g/mol. The number of hydrogen-bond donors (Lipinski definition) is 1. The second kappa shape index (κ2) is 4.00. The molecule has 4 rings (SSSR count). The van der Waals surface area contributed by atoms with Gasteiger partial charge in [-0.25, -0.2) is 0 Å². The van der Waals surface area contributed by atoms with E-state index in [0.717, 1.165) is 40.7 Å². The molecule has 0 fully saturated rings. The van der Waals surface area contributed by atoms with Gasteiger partial charge in [0, 0.05) is 17.4 Å². The fraction of sp³-hybridized carbons (Fsp3) is 0.294. The molecule has 0 spiro atoms. The Morgan fingerprint density at radius 1 is 1.25 bits per heavy atom. The number of aryl methyl sites for hydroxylation is 2. The van der Waals surface area contributed by atoms with Crippen LogP contribution in [0.15, 0.2) is 45.4 Å². The highest BCUT2D eigenvalue weighted by molar-refractivity contribution is 5.81. The van der Waals surface area contributed by atoms with E-state index in [1.165, 1.54) is 0 Å². The van der Waals surface area contributed by atoms with Gasteiger partial charge in [-0.2, -0.15) is 0 Å². The van der Waals surface area contributed by atoms with E-state index in [-0.39, 0.29) is 0 Å². The average molecular weight is 268 g/mol. The van der Waals surface area contributed by atoms with Crippen molar-refractivity contribution in [3.05, 3.63) is 59.2 Å². The molecule has 102 valence electrons. The third kappa shape index (κ3) is 1.50. The molecule has 0 aliphatic heterocycles. The van der Waals surface area contributed by atoms with Crippen LogP contribution in [0.2, 0.25) is 0 Å². The van der Waals surface area contributed by atoms with E-state index >= 15 is 0 Å². The second-order valence-corrected chi connectivity index (χ2v) is 5.58. The van der Waals surface area contributed by atoms with Crippen molar-refractivity contribution in [1.29, 1.82) is 0 Å². The normalized spacial score (nSPS) is 22.1. The molecule has 3 heteroatoms. The molecular weight excluding hydrogens is 252 g/mol. The number of furan rings is 2. The topological polar surface area (TPSA) is 46.5 Å². The zero-order valence-electron chi connectivity index (χ0n) is 11.3. The number of hydrogen-bond acceptors (Lipinski definition) is 3. The average Bonchev–Trinajstić information content (AvgIpc) is 3.06. The summed E-state index contributed by atoms with van der Waals surface area (Å²) in [5, 5.41) is 12.2. The Balaban J connectivity index is 1.93. The molecule has 1 aliphatic rings. The lowest BCUT2D eigenvalue weighted by Gasteiger charge is -2.29. The van der Waals surface area contributed by atoms with Crippen LogP contribution in [0.25, 0.3) is 11.0 Å². The summed E-state index contributed by atoms with van der Waals surface area (Å²) in [6, 6.07) is 9.84. The molecule has 3 nitrogen and oxygen atoms in total. The largest absolute Gasteiger partial charge is 0.469 e. The van der Waals surface area contributed by atoms with Gasteiger partial charge >= 0.3 is 0 Å². The SMILES string of the molecule is Cc1cccc2cc(C3(O)CCCc4occc43)oc12. The minimum Gasteiger partial charge on any atom is -0.469 e. The minimum atomic E-state index is -1.06. The third-order valence-corrected chi connectivity index (χ3v) is 4.28. The second-order valence-electron chi connectivity index (χ2n) is 5.58. The Bertz CT molecular complexity index is 780. The van der Waals surface area contributed by atoms with E-state index in [9.17, 15) is 5.11 Å². The lowest BCUT2D eigenvalue weighted by molar-refractivity contribution is 0.0383. The molecule has 3 aromatic rings. The van der Waals surface area contributed by atoms with Gasteiger partial charge in [0.2, 0.25) is 0 Å². The van der Waals surface area contributed by atoms with Crippen LogP contribution in [-0.4, -0.2) is 5.11 Å². The van der Waals surface area contributed by atoms with Crippen LogP contribution in [0.3, 0.4) is 0 Å². The first-order valence-corrected chi connectivity index (χ1v) is 6.97. The molecule has 0 amide bonds. The molecular formula is C17H16O3. The van der Waals surface area contributed by atoms with Gasteiger partial charge in [-0.1, -0.05) is 18.2 Å². The summed E-state index contributed by atoms with van der Waals surface area (Å²) in [6.07, 6.45) is 4.09. The van der Waals surface area contributed by atoms with Crippen LogP contribution in [0.1, 0.15) is 35.5 Å². The molecule has 2 aromatic heterocycles. The van der Waals surface area contributed by atoms with Crippen molar-refractivity contribution in [2.75, 3.05) is 0 Å². The van der Waals surface area contributed by atoms with Gasteiger partial charge in [0.1, 0.15) is 17.1 Å². The highest BCUT2D eigenvalue weighted by Gasteiger charge is 2.40. The van der Waals surface area contributed by atoms with Crippen LogP contribution in [-0.2, 0) is 12.0 Å². The van der Waals surface area contributed by atoms with Gasteiger partial charge in [-0.3, -0.25) is 0 Å². The molecule has 20 heavy (non-hydrogen) atoms. The van der Waals surface area contributed by atoms with Crippen molar-refractivity contribution in [2.45, 2.75) is 31.8 Å². The maximum absolute atomic E-state index is 11.1. The Kier molecular flexibility index (Phi) is 2.36. The fourth-order valence-electron chi connectivity index (χ4n) is 3.21. The Morgan fingerprint density at radius 2 is 2.15 bits per heavy atom. The van der Waals surface area contributed by atoms with Crippen LogP contribution in [0.5, 0.6) is 0 Å². The van der Waals surface area contributed by atoms with Crippen molar-refractivity contribution in [3.63, 3.8) is 0 Å². The van der Waals surface area contributed by atoms with Crippen molar-refractivity contribution in [3.8, 4) is 0 Å². The van der Waals surface area contributed by atoms with Crippen LogP contribution in [0.4, 0.5) is 0 Å². The third-order valence-electron chi connectivity index (χ3n) is 4.28. The van der Waals surface area contributed by atoms with Gasteiger partial charge in [-0.05, 0) is 37.5 Å². The zero-order chi connectivity index (χ0) is 13.7. The Morgan fingerprint density at radius 3 is 3.00 bits per heavy atom. The molecule has 0 saturated heterocycles. The highest BCUT2D eigenvalue weighted by Crippen LogP contribution is 2.43. The van der Waals surface area contributed by atoms with E-state index in [2.05, 4.69) is 0 Å². The molecule has 1 atom stereocenters. The summed E-state index contributed by atoms with van der Waals surface area (Å²) in [5.41, 5.74) is 1.72. The molecule has 0 radical (unpaired) electrons. The van der Waals surface area contributed by atoms with Gasteiger partial charge in [-0.15, -0.1) is 0 Å². The summed E-state index contributed by atoms with van der Waals surface area (Å²) in [7, 11) is 0. The predicted molar refractivity (Wildman–Crippen MR) is 75.6 cm³/mol. The summed E-state index contributed by atoms with van der Waals surface area (Å²) >= 11 is 0. The smallest absolute Gasteiger partial charge is 0.150 e. The van der Waals surface area contributed by atoms with E-state index in [1.807, 2.05) is 37.3 Å². The van der Waals surface area contributed by atoms with Crippen molar-refractivity contribution >= 4 is 11.0 Å². The molecule has 0 bridgehead atoms. The Labute approximate surface area is 116 Å². The number of para-hydroxylation sites is 1. The number of benzene rings is 1. The van der Waals surface area contributed by atoms with Crippen LogP contribution >= 0.6 is 0 Å². The van der Waals surface area contributed by atoms with Crippen molar-refractivity contribution in [1.82, 2.24) is 0 Å².